The van der Waals surface area contributed by atoms with Crippen LogP contribution in [0, 0.1) is 0 Å². The molecular weight excluding hydrogens is 433 g/mol. The Kier molecular flexibility index (Phi) is 5.38. The molecule has 9 heteroatoms. The van der Waals surface area contributed by atoms with E-state index in [2.05, 4.69) is 0 Å². The number of alkyl halides is 3. The zero-order valence-corrected chi connectivity index (χ0v) is 18.2. The molecule has 4 nitrogen and oxygen atoms in total. The van der Waals surface area contributed by atoms with Crippen molar-refractivity contribution in [2.75, 3.05) is 31.1 Å². The number of thiophene rings is 1. The molecule has 1 aromatic heterocycles. The number of amides is 1. The Hall–Kier alpha value is -2.00. The van der Waals surface area contributed by atoms with E-state index in [4.69, 9.17) is 0 Å². The van der Waals surface area contributed by atoms with Gasteiger partial charge in [0.15, 0.2) is 5.78 Å². The Morgan fingerprint density at radius 3 is 2.47 bits per heavy atom. The molecule has 4 rings (SSSR count). The number of hydrogen-bond acceptors (Lipinski definition) is 5. The van der Waals surface area contributed by atoms with Crippen LogP contribution in [0.25, 0.3) is 0 Å². The number of carbonyl (C=O) groups is 2. The molecular formula is C21H21F3N2O2S2. The van der Waals surface area contributed by atoms with Crippen molar-refractivity contribution in [2.45, 2.75) is 35.4 Å². The molecule has 0 unspecified atom stereocenters. The molecule has 30 heavy (non-hydrogen) atoms. The highest BCUT2D eigenvalue weighted by molar-refractivity contribution is 8.02. The second-order valence-electron chi connectivity index (χ2n) is 8.10. The number of hydrogen-bond donors (Lipinski definition) is 0. The van der Waals surface area contributed by atoms with E-state index in [9.17, 15) is 22.8 Å². The van der Waals surface area contributed by atoms with Crippen molar-refractivity contribution >= 4 is 40.5 Å². The smallest absolute Gasteiger partial charge is 0.368 e. The van der Waals surface area contributed by atoms with Gasteiger partial charge in [-0.05, 0) is 38.1 Å². The van der Waals surface area contributed by atoms with E-state index < -0.39 is 11.7 Å². The quantitative estimate of drug-likeness (QED) is 0.627. The van der Waals surface area contributed by atoms with Crippen molar-refractivity contribution in [2.24, 2.45) is 0 Å². The molecule has 0 atom stereocenters. The Morgan fingerprint density at radius 1 is 1.10 bits per heavy atom. The standard InChI is InChI=1S/C21H21F3N2O2S2/c1-20(2)12-16(27)15-11-17(29-19(15)30-20)18(28)26-8-6-25(7-9-26)14-5-3-4-13(10-14)21(22,23)24/h3-5,10-11H,6-9,12H2,1-2H3. The summed E-state index contributed by atoms with van der Waals surface area (Å²) in [4.78, 5) is 29.5. The average molecular weight is 455 g/mol. The molecule has 3 heterocycles. The molecule has 2 aliphatic heterocycles. The van der Waals surface area contributed by atoms with E-state index in [0.29, 0.717) is 48.7 Å². The first kappa shape index (κ1) is 21.2. The molecule has 1 amide bonds. The number of halogens is 3. The molecule has 0 N–H and O–H groups in total. The maximum Gasteiger partial charge on any atom is 0.416 e. The van der Waals surface area contributed by atoms with Crippen molar-refractivity contribution in [1.82, 2.24) is 4.90 Å². The van der Waals surface area contributed by atoms with E-state index >= 15 is 0 Å². The molecule has 2 aromatic rings. The molecule has 0 radical (unpaired) electrons. The van der Waals surface area contributed by atoms with Crippen molar-refractivity contribution < 1.29 is 22.8 Å². The Balaban J connectivity index is 1.44. The summed E-state index contributed by atoms with van der Waals surface area (Å²) in [5.74, 6) is -0.0530. The van der Waals surface area contributed by atoms with Crippen molar-refractivity contribution in [1.29, 1.82) is 0 Å². The Bertz CT molecular complexity index is 992. The van der Waals surface area contributed by atoms with E-state index in [1.807, 2.05) is 18.7 Å². The summed E-state index contributed by atoms with van der Waals surface area (Å²) in [5, 5.41) is 0. The fourth-order valence-electron chi connectivity index (χ4n) is 3.72. The van der Waals surface area contributed by atoms with Crippen LogP contribution < -0.4 is 4.90 Å². The predicted molar refractivity (Wildman–Crippen MR) is 113 cm³/mol. The summed E-state index contributed by atoms with van der Waals surface area (Å²) in [6.07, 6.45) is -3.93. The first-order valence-electron chi connectivity index (χ1n) is 9.61. The lowest BCUT2D eigenvalue weighted by atomic mass is 10.0. The fraction of sp³-hybridized carbons (Fsp3) is 0.429. The lowest BCUT2D eigenvalue weighted by molar-refractivity contribution is -0.137. The second-order valence-corrected chi connectivity index (χ2v) is 11.1. The fourth-order valence-corrected chi connectivity index (χ4v) is 6.70. The minimum Gasteiger partial charge on any atom is -0.368 e. The van der Waals surface area contributed by atoms with Gasteiger partial charge in [-0.25, -0.2) is 0 Å². The number of rotatable bonds is 2. The van der Waals surface area contributed by atoms with E-state index in [0.717, 1.165) is 16.3 Å². The molecule has 160 valence electrons. The summed E-state index contributed by atoms with van der Waals surface area (Å²) >= 11 is 2.99. The third-order valence-electron chi connectivity index (χ3n) is 5.27. The number of nitrogens with zero attached hydrogens (tertiary/aromatic N) is 2. The highest BCUT2D eigenvalue weighted by Gasteiger charge is 2.35. The van der Waals surface area contributed by atoms with Crippen LogP contribution in [0.5, 0.6) is 0 Å². The van der Waals surface area contributed by atoms with Crippen LogP contribution in [-0.2, 0) is 6.18 Å². The van der Waals surface area contributed by atoms with Gasteiger partial charge >= 0.3 is 6.18 Å². The molecule has 1 saturated heterocycles. The van der Waals surface area contributed by atoms with Crippen molar-refractivity contribution in [3.8, 4) is 0 Å². The summed E-state index contributed by atoms with van der Waals surface area (Å²) < 4.78 is 39.6. The van der Waals surface area contributed by atoms with Gasteiger partial charge in [0.05, 0.1) is 14.6 Å². The largest absolute Gasteiger partial charge is 0.416 e. The van der Waals surface area contributed by atoms with E-state index in [1.54, 1.807) is 28.8 Å². The van der Waals surface area contributed by atoms with Gasteiger partial charge in [-0.2, -0.15) is 13.2 Å². The third-order valence-corrected chi connectivity index (χ3v) is 7.79. The van der Waals surface area contributed by atoms with Crippen LogP contribution in [0.1, 0.15) is 45.9 Å². The topological polar surface area (TPSA) is 40.6 Å². The summed E-state index contributed by atoms with van der Waals surface area (Å²) in [6, 6.07) is 6.97. The normalized spacial score (nSPS) is 19.0. The van der Waals surface area contributed by atoms with Crippen LogP contribution in [0.15, 0.2) is 34.5 Å². The summed E-state index contributed by atoms with van der Waals surface area (Å²) in [7, 11) is 0. The molecule has 0 bridgehead atoms. The van der Waals surface area contributed by atoms with Gasteiger partial charge in [0, 0.05) is 48.6 Å². The lowest BCUT2D eigenvalue weighted by Crippen LogP contribution is -2.48. The Labute approximate surface area is 181 Å². The van der Waals surface area contributed by atoms with Crippen LogP contribution in [-0.4, -0.2) is 47.5 Å². The highest BCUT2D eigenvalue weighted by Crippen LogP contribution is 2.46. The number of benzene rings is 1. The van der Waals surface area contributed by atoms with Gasteiger partial charge in [0.1, 0.15) is 0 Å². The molecule has 1 aromatic carbocycles. The lowest BCUT2D eigenvalue weighted by Gasteiger charge is -2.36. The van der Waals surface area contributed by atoms with Gasteiger partial charge in [-0.15, -0.1) is 23.1 Å². The van der Waals surface area contributed by atoms with Gasteiger partial charge in [-0.3, -0.25) is 9.59 Å². The van der Waals surface area contributed by atoms with Crippen LogP contribution in [0.3, 0.4) is 0 Å². The van der Waals surface area contributed by atoms with Crippen molar-refractivity contribution in [3.05, 3.63) is 46.3 Å². The average Bonchev–Trinajstić information content (AvgIpc) is 3.10. The Morgan fingerprint density at radius 2 is 1.80 bits per heavy atom. The third kappa shape index (κ3) is 4.23. The number of Topliss-reactive ketones (excluding diaryl/α,β-unsaturated/α-hetero) is 1. The van der Waals surface area contributed by atoms with E-state index in [1.165, 1.54) is 17.4 Å². The number of fused-ring (bicyclic) bond motifs is 1. The molecule has 1 fully saturated rings. The molecule has 0 saturated carbocycles. The SMILES string of the molecule is CC1(C)CC(=O)c2cc(C(=O)N3CCN(c4cccc(C(F)(F)F)c4)CC3)sc2S1. The number of piperazine rings is 1. The monoisotopic (exact) mass is 454 g/mol. The maximum atomic E-state index is 13.0. The zero-order valence-electron chi connectivity index (χ0n) is 16.6. The number of anilines is 1. The first-order chi connectivity index (χ1) is 14.0. The van der Waals surface area contributed by atoms with E-state index in [-0.39, 0.29) is 16.4 Å². The number of thioether (sulfide) groups is 1. The summed E-state index contributed by atoms with van der Waals surface area (Å²) in [6.45, 7) is 5.80. The van der Waals surface area contributed by atoms with Gasteiger partial charge in [-0.1, -0.05) is 6.07 Å². The zero-order chi connectivity index (χ0) is 21.7. The van der Waals surface area contributed by atoms with Crippen LogP contribution >= 0.6 is 23.1 Å². The second kappa shape index (κ2) is 7.60. The highest BCUT2D eigenvalue weighted by atomic mass is 32.2. The van der Waals surface area contributed by atoms with Gasteiger partial charge in [0.2, 0.25) is 0 Å². The maximum absolute atomic E-state index is 13.0. The van der Waals surface area contributed by atoms with Crippen LogP contribution in [0.2, 0.25) is 0 Å². The number of ketones is 1. The molecule has 0 aliphatic carbocycles. The van der Waals surface area contributed by atoms with Gasteiger partial charge < -0.3 is 9.80 Å². The predicted octanol–water partition coefficient (Wildman–Crippen LogP) is 5.19. The summed E-state index contributed by atoms with van der Waals surface area (Å²) in [5.41, 5.74) is 0.468. The molecule has 0 spiro atoms. The number of carbonyl (C=O) groups excluding carboxylic acids is 2. The van der Waals surface area contributed by atoms with Crippen LogP contribution in [0.4, 0.5) is 18.9 Å². The van der Waals surface area contributed by atoms with Crippen molar-refractivity contribution in [3.63, 3.8) is 0 Å². The minimum absolute atomic E-state index is 0.0680. The molecule has 2 aliphatic rings. The van der Waals surface area contributed by atoms with Gasteiger partial charge in [0.25, 0.3) is 5.91 Å². The minimum atomic E-state index is -4.38. The first-order valence-corrected chi connectivity index (χ1v) is 11.2.